The van der Waals surface area contributed by atoms with E-state index in [1.165, 1.54) is 11.3 Å². The zero-order valence-electron chi connectivity index (χ0n) is 13.3. The number of carbonyl (C=O) groups excluding carboxylic acids is 1. The standard InChI is InChI=1S/C16H27N3OS/c1-13(10-15-7-5-9-21-15)11-17-16(20)19-8-4-6-14(12-19)18(2)3/h5,7,9,13-14H,4,6,8,10-12H2,1-3H3,(H,17,20)/t13-,14+/m0/s1. The predicted octanol–water partition coefficient (Wildman–Crippen LogP) is 2.66. The molecule has 4 nitrogen and oxygen atoms in total. The first-order valence-electron chi connectivity index (χ1n) is 7.78. The molecule has 1 saturated heterocycles. The Balaban J connectivity index is 1.73. The molecular formula is C16H27N3OS. The molecule has 0 aliphatic carbocycles. The van der Waals surface area contributed by atoms with Crippen LogP contribution >= 0.6 is 11.3 Å². The van der Waals surface area contributed by atoms with Crippen molar-refractivity contribution >= 4 is 17.4 Å². The van der Waals surface area contributed by atoms with Gasteiger partial charge in [-0.15, -0.1) is 11.3 Å². The SMILES string of the molecule is C[C@H](CNC(=O)N1CCC[C@@H](N(C)C)C1)Cc1cccs1. The second-order valence-corrected chi connectivity index (χ2v) is 7.31. The molecule has 2 amide bonds. The average molecular weight is 309 g/mol. The highest BCUT2D eigenvalue weighted by molar-refractivity contribution is 7.09. The number of hydrogen-bond acceptors (Lipinski definition) is 3. The lowest BCUT2D eigenvalue weighted by Gasteiger charge is -2.36. The van der Waals surface area contributed by atoms with Crippen molar-refractivity contribution in [1.82, 2.24) is 15.1 Å². The third-order valence-corrected chi connectivity index (χ3v) is 5.04. The quantitative estimate of drug-likeness (QED) is 0.907. The Bertz CT molecular complexity index is 433. The molecule has 5 heteroatoms. The first kappa shape index (κ1) is 16.3. The molecule has 1 N–H and O–H groups in total. The van der Waals surface area contributed by atoms with Gasteiger partial charge in [0, 0.05) is 30.6 Å². The van der Waals surface area contributed by atoms with Crippen molar-refractivity contribution in [3.8, 4) is 0 Å². The molecule has 0 spiro atoms. The molecule has 2 atom stereocenters. The monoisotopic (exact) mass is 309 g/mol. The van der Waals surface area contributed by atoms with E-state index in [1.54, 1.807) is 11.3 Å². The molecule has 1 aliphatic heterocycles. The molecule has 1 fully saturated rings. The third kappa shape index (κ3) is 5.00. The number of urea groups is 1. The predicted molar refractivity (Wildman–Crippen MR) is 88.9 cm³/mol. The minimum absolute atomic E-state index is 0.0968. The van der Waals surface area contributed by atoms with Gasteiger partial charge in [-0.2, -0.15) is 0 Å². The molecule has 0 unspecified atom stereocenters. The van der Waals surface area contributed by atoms with Gasteiger partial charge in [0.1, 0.15) is 0 Å². The molecule has 2 rings (SSSR count). The number of nitrogens with one attached hydrogen (secondary N) is 1. The molecule has 21 heavy (non-hydrogen) atoms. The van der Waals surface area contributed by atoms with Crippen molar-refractivity contribution < 1.29 is 4.79 Å². The molecule has 1 aromatic heterocycles. The van der Waals surface area contributed by atoms with Gasteiger partial charge in [0.25, 0.3) is 0 Å². The van der Waals surface area contributed by atoms with Crippen LogP contribution in [0.5, 0.6) is 0 Å². The van der Waals surface area contributed by atoms with Gasteiger partial charge in [-0.3, -0.25) is 0 Å². The van der Waals surface area contributed by atoms with Crippen LogP contribution in [0.25, 0.3) is 0 Å². The van der Waals surface area contributed by atoms with Crippen molar-refractivity contribution in [3.63, 3.8) is 0 Å². The van der Waals surface area contributed by atoms with E-state index >= 15 is 0 Å². The number of carbonyl (C=O) groups is 1. The van der Waals surface area contributed by atoms with E-state index in [4.69, 9.17) is 0 Å². The second-order valence-electron chi connectivity index (χ2n) is 6.28. The van der Waals surface area contributed by atoms with Gasteiger partial charge in [0.15, 0.2) is 0 Å². The maximum Gasteiger partial charge on any atom is 0.317 e. The molecule has 2 heterocycles. The molecule has 0 bridgehead atoms. The highest BCUT2D eigenvalue weighted by atomic mass is 32.1. The number of likely N-dealkylation sites (tertiary alicyclic amines) is 1. The van der Waals surface area contributed by atoms with Gasteiger partial charge in [0.05, 0.1) is 0 Å². The average Bonchev–Trinajstić information content (AvgIpc) is 2.97. The summed E-state index contributed by atoms with van der Waals surface area (Å²) in [5, 5.41) is 5.20. The fourth-order valence-corrected chi connectivity index (χ4v) is 3.65. The van der Waals surface area contributed by atoms with E-state index in [0.717, 1.165) is 32.5 Å². The summed E-state index contributed by atoms with van der Waals surface area (Å²) in [6, 6.07) is 4.84. The van der Waals surface area contributed by atoms with Crippen LogP contribution in [0.1, 0.15) is 24.6 Å². The topological polar surface area (TPSA) is 35.6 Å². The number of hydrogen-bond donors (Lipinski definition) is 1. The maximum atomic E-state index is 12.3. The van der Waals surface area contributed by atoms with Crippen LogP contribution in [0, 0.1) is 5.92 Å². The molecule has 0 aromatic carbocycles. The van der Waals surface area contributed by atoms with E-state index in [0.29, 0.717) is 12.0 Å². The number of likely N-dealkylation sites (N-methyl/N-ethyl adjacent to an activating group) is 1. The van der Waals surface area contributed by atoms with E-state index in [-0.39, 0.29) is 6.03 Å². The number of rotatable bonds is 5. The van der Waals surface area contributed by atoms with Gasteiger partial charge in [-0.05, 0) is 50.7 Å². The Labute approximate surface area is 132 Å². The first-order valence-corrected chi connectivity index (χ1v) is 8.66. The van der Waals surface area contributed by atoms with Crippen molar-refractivity contribution in [3.05, 3.63) is 22.4 Å². The third-order valence-electron chi connectivity index (χ3n) is 4.15. The van der Waals surface area contributed by atoms with Crippen LogP contribution < -0.4 is 5.32 Å². The summed E-state index contributed by atoms with van der Waals surface area (Å²) in [4.78, 5) is 17.8. The Hall–Kier alpha value is -1.07. The van der Waals surface area contributed by atoms with Gasteiger partial charge >= 0.3 is 6.03 Å². The highest BCUT2D eigenvalue weighted by Gasteiger charge is 2.24. The summed E-state index contributed by atoms with van der Waals surface area (Å²) in [6.07, 6.45) is 3.32. The van der Waals surface area contributed by atoms with Crippen LogP contribution in [0.2, 0.25) is 0 Å². The van der Waals surface area contributed by atoms with Crippen LogP contribution in [-0.4, -0.2) is 55.6 Å². The van der Waals surface area contributed by atoms with E-state index in [1.807, 2.05) is 4.90 Å². The zero-order valence-corrected chi connectivity index (χ0v) is 14.2. The maximum absolute atomic E-state index is 12.3. The lowest BCUT2D eigenvalue weighted by Crippen LogP contribution is -2.51. The molecular weight excluding hydrogens is 282 g/mol. The second kappa shape index (κ2) is 7.80. The smallest absolute Gasteiger partial charge is 0.317 e. The minimum atomic E-state index is 0.0968. The van der Waals surface area contributed by atoms with E-state index < -0.39 is 0 Å². The number of piperidine rings is 1. The van der Waals surface area contributed by atoms with E-state index in [2.05, 4.69) is 48.7 Å². The summed E-state index contributed by atoms with van der Waals surface area (Å²) >= 11 is 1.79. The number of thiophene rings is 1. The summed E-state index contributed by atoms with van der Waals surface area (Å²) < 4.78 is 0. The largest absolute Gasteiger partial charge is 0.338 e. The lowest BCUT2D eigenvalue weighted by atomic mass is 10.1. The summed E-state index contributed by atoms with van der Waals surface area (Å²) in [5.41, 5.74) is 0. The van der Waals surface area contributed by atoms with Crippen LogP contribution in [0.15, 0.2) is 17.5 Å². The van der Waals surface area contributed by atoms with Gasteiger partial charge in [0.2, 0.25) is 0 Å². The van der Waals surface area contributed by atoms with Crippen LogP contribution in [0.3, 0.4) is 0 Å². The molecule has 1 aliphatic rings. The Morgan fingerprint density at radius 3 is 3.05 bits per heavy atom. The fourth-order valence-electron chi connectivity index (χ4n) is 2.78. The van der Waals surface area contributed by atoms with Crippen molar-refractivity contribution in [2.75, 3.05) is 33.7 Å². The number of nitrogens with zero attached hydrogens (tertiary/aromatic N) is 2. The van der Waals surface area contributed by atoms with Crippen LogP contribution in [0.4, 0.5) is 4.79 Å². The molecule has 1 aromatic rings. The first-order chi connectivity index (χ1) is 10.1. The van der Waals surface area contributed by atoms with Crippen molar-refractivity contribution in [2.45, 2.75) is 32.2 Å². The summed E-state index contributed by atoms with van der Waals surface area (Å²) in [5.74, 6) is 0.474. The normalized spacial score (nSPS) is 20.6. The lowest BCUT2D eigenvalue weighted by molar-refractivity contribution is 0.139. The molecule has 0 radical (unpaired) electrons. The van der Waals surface area contributed by atoms with Gasteiger partial charge in [-0.25, -0.2) is 4.79 Å². The molecule has 0 saturated carbocycles. The summed E-state index contributed by atoms with van der Waals surface area (Å²) in [6.45, 7) is 4.67. The summed E-state index contributed by atoms with van der Waals surface area (Å²) in [7, 11) is 4.18. The Morgan fingerprint density at radius 2 is 2.38 bits per heavy atom. The van der Waals surface area contributed by atoms with Gasteiger partial charge < -0.3 is 15.1 Å². The highest BCUT2D eigenvalue weighted by Crippen LogP contribution is 2.15. The minimum Gasteiger partial charge on any atom is -0.338 e. The zero-order chi connectivity index (χ0) is 15.2. The van der Waals surface area contributed by atoms with E-state index in [9.17, 15) is 4.79 Å². The Morgan fingerprint density at radius 1 is 1.57 bits per heavy atom. The fraction of sp³-hybridized carbons (Fsp3) is 0.688. The number of amides is 2. The Kier molecular flexibility index (Phi) is 6.06. The van der Waals surface area contributed by atoms with Crippen molar-refractivity contribution in [2.24, 2.45) is 5.92 Å². The molecule has 118 valence electrons. The van der Waals surface area contributed by atoms with Crippen LogP contribution in [-0.2, 0) is 6.42 Å². The van der Waals surface area contributed by atoms with Gasteiger partial charge in [-0.1, -0.05) is 13.0 Å². The van der Waals surface area contributed by atoms with Crippen molar-refractivity contribution in [1.29, 1.82) is 0 Å².